The Hall–Kier alpha value is -3.15. The molecule has 0 unspecified atom stereocenters. The van der Waals surface area contributed by atoms with Crippen molar-refractivity contribution < 1.29 is 4.79 Å². The van der Waals surface area contributed by atoms with Crippen molar-refractivity contribution in [2.45, 2.75) is 47.1 Å². The van der Waals surface area contributed by atoms with Gasteiger partial charge < -0.3 is 9.88 Å². The molecule has 1 amide bonds. The van der Waals surface area contributed by atoms with E-state index in [9.17, 15) is 4.79 Å². The molecule has 1 aromatic carbocycles. The minimum Gasteiger partial charge on any atom is -0.352 e. The predicted octanol–water partition coefficient (Wildman–Crippen LogP) is 4.56. The van der Waals surface area contributed by atoms with Gasteiger partial charge in [0.15, 0.2) is 5.65 Å². The van der Waals surface area contributed by atoms with Crippen LogP contribution in [-0.2, 0) is 20.0 Å². The zero-order valence-electron chi connectivity index (χ0n) is 19.1. The maximum atomic E-state index is 13.0. The standard InChI is InChI=1S/C25H31N5O/c1-16(2)11-13-30-15-19(20-8-6-7-9-22(20)30)10-12-26-25(31)21-14-17(3)27-24-23(21)18(4)28-29(24)5/h6-9,14-16H,10-13H2,1-5H3,(H,26,31). The Labute approximate surface area is 183 Å². The van der Waals surface area contributed by atoms with Gasteiger partial charge >= 0.3 is 0 Å². The second-order valence-corrected chi connectivity index (χ2v) is 8.77. The van der Waals surface area contributed by atoms with E-state index in [1.165, 1.54) is 16.5 Å². The number of pyridine rings is 1. The smallest absolute Gasteiger partial charge is 0.252 e. The van der Waals surface area contributed by atoms with Crippen LogP contribution in [0.25, 0.3) is 21.9 Å². The molecular formula is C25H31N5O. The highest BCUT2D eigenvalue weighted by Crippen LogP contribution is 2.24. The van der Waals surface area contributed by atoms with Crippen molar-refractivity contribution in [1.82, 2.24) is 24.6 Å². The van der Waals surface area contributed by atoms with Gasteiger partial charge in [-0.05, 0) is 50.3 Å². The number of aromatic nitrogens is 4. The molecule has 0 saturated carbocycles. The molecule has 0 bridgehead atoms. The van der Waals surface area contributed by atoms with Crippen LogP contribution in [0.1, 0.15) is 47.6 Å². The second kappa shape index (κ2) is 8.53. The Morgan fingerprint density at radius 1 is 1.19 bits per heavy atom. The highest BCUT2D eigenvalue weighted by Gasteiger charge is 2.18. The number of rotatable bonds is 7. The van der Waals surface area contributed by atoms with Gasteiger partial charge in [-0.2, -0.15) is 5.10 Å². The molecule has 1 N–H and O–H groups in total. The van der Waals surface area contributed by atoms with E-state index >= 15 is 0 Å². The number of aryl methyl sites for hydroxylation is 4. The monoisotopic (exact) mass is 417 g/mol. The number of nitrogens with zero attached hydrogens (tertiary/aromatic N) is 4. The molecule has 0 aliphatic rings. The van der Waals surface area contributed by atoms with Crippen molar-refractivity contribution in [1.29, 1.82) is 0 Å². The van der Waals surface area contributed by atoms with E-state index in [1.807, 2.05) is 27.0 Å². The zero-order chi connectivity index (χ0) is 22.1. The first-order valence-electron chi connectivity index (χ1n) is 11.0. The van der Waals surface area contributed by atoms with Crippen molar-refractivity contribution in [3.63, 3.8) is 0 Å². The number of carbonyl (C=O) groups is 1. The summed E-state index contributed by atoms with van der Waals surface area (Å²) in [5.74, 6) is 0.593. The van der Waals surface area contributed by atoms with Crippen LogP contribution in [0.2, 0.25) is 0 Å². The van der Waals surface area contributed by atoms with Crippen LogP contribution < -0.4 is 5.32 Å². The van der Waals surface area contributed by atoms with Crippen molar-refractivity contribution in [2.24, 2.45) is 13.0 Å². The lowest BCUT2D eigenvalue weighted by Crippen LogP contribution is -2.26. The lowest BCUT2D eigenvalue weighted by Gasteiger charge is -2.08. The number of hydrogen-bond donors (Lipinski definition) is 1. The molecule has 0 radical (unpaired) electrons. The van der Waals surface area contributed by atoms with Gasteiger partial charge in [-0.3, -0.25) is 9.48 Å². The SMILES string of the molecule is Cc1cc(C(=O)NCCc2cn(CCC(C)C)c3ccccc23)c2c(C)nn(C)c2n1. The largest absolute Gasteiger partial charge is 0.352 e. The number of nitrogens with one attached hydrogen (secondary N) is 1. The molecule has 162 valence electrons. The molecule has 0 saturated heterocycles. The lowest BCUT2D eigenvalue weighted by atomic mass is 10.1. The number of amides is 1. The molecule has 4 rings (SSSR count). The summed E-state index contributed by atoms with van der Waals surface area (Å²) in [5, 5.41) is 9.65. The quantitative estimate of drug-likeness (QED) is 0.479. The number of fused-ring (bicyclic) bond motifs is 2. The second-order valence-electron chi connectivity index (χ2n) is 8.77. The van der Waals surface area contributed by atoms with E-state index in [4.69, 9.17) is 0 Å². The third kappa shape index (κ3) is 4.20. The average molecular weight is 418 g/mol. The molecule has 0 spiro atoms. The van der Waals surface area contributed by atoms with Gasteiger partial charge in [0.2, 0.25) is 0 Å². The molecule has 6 nitrogen and oxygen atoms in total. The van der Waals surface area contributed by atoms with Crippen molar-refractivity contribution in [3.8, 4) is 0 Å². The van der Waals surface area contributed by atoms with Crippen LogP contribution in [0.3, 0.4) is 0 Å². The summed E-state index contributed by atoms with van der Waals surface area (Å²) >= 11 is 0. The Morgan fingerprint density at radius 3 is 2.74 bits per heavy atom. The van der Waals surface area contributed by atoms with E-state index in [0.717, 1.165) is 41.8 Å². The molecule has 0 fully saturated rings. The minimum atomic E-state index is -0.0739. The van der Waals surface area contributed by atoms with Gasteiger partial charge in [-0.15, -0.1) is 0 Å². The molecule has 6 heteroatoms. The summed E-state index contributed by atoms with van der Waals surface area (Å²) < 4.78 is 4.09. The molecule has 0 atom stereocenters. The van der Waals surface area contributed by atoms with Crippen molar-refractivity contribution >= 4 is 27.8 Å². The zero-order valence-corrected chi connectivity index (χ0v) is 19.1. The number of benzene rings is 1. The van der Waals surface area contributed by atoms with Crippen LogP contribution in [-0.4, -0.2) is 31.8 Å². The van der Waals surface area contributed by atoms with E-state index in [2.05, 4.69) is 64.3 Å². The van der Waals surface area contributed by atoms with Crippen LogP contribution in [0.4, 0.5) is 0 Å². The number of carbonyl (C=O) groups excluding carboxylic acids is 1. The summed E-state index contributed by atoms with van der Waals surface area (Å²) in [6.07, 6.45) is 4.19. The fourth-order valence-corrected chi connectivity index (χ4v) is 4.26. The van der Waals surface area contributed by atoms with Crippen molar-refractivity contribution in [2.75, 3.05) is 6.54 Å². The van der Waals surface area contributed by atoms with Crippen LogP contribution in [0.5, 0.6) is 0 Å². The first kappa shape index (κ1) is 21.1. The Bertz CT molecular complexity index is 1250. The maximum absolute atomic E-state index is 13.0. The van der Waals surface area contributed by atoms with E-state index in [1.54, 1.807) is 4.68 Å². The molecule has 31 heavy (non-hydrogen) atoms. The molecule has 3 aromatic heterocycles. The van der Waals surface area contributed by atoms with Gasteiger partial charge in [-0.1, -0.05) is 32.0 Å². The molecule has 0 aliphatic carbocycles. The normalized spacial score (nSPS) is 11.7. The summed E-state index contributed by atoms with van der Waals surface area (Å²) in [6, 6.07) is 10.4. The first-order chi connectivity index (χ1) is 14.8. The minimum absolute atomic E-state index is 0.0739. The van der Waals surface area contributed by atoms with Gasteiger partial charge in [0, 0.05) is 42.9 Å². The van der Waals surface area contributed by atoms with Crippen LogP contribution in [0.15, 0.2) is 36.5 Å². The predicted molar refractivity (Wildman–Crippen MR) is 125 cm³/mol. The van der Waals surface area contributed by atoms with E-state index in [-0.39, 0.29) is 5.91 Å². The molecule has 4 aromatic rings. The van der Waals surface area contributed by atoms with Gasteiger partial charge in [-0.25, -0.2) is 4.98 Å². The summed E-state index contributed by atoms with van der Waals surface area (Å²) in [5.41, 5.74) is 5.57. The fourth-order valence-electron chi connectivity index (χ4n) is 4.26. The third-order valence-electron chi connectivity index (χ3n) is 5.84. The van der Waals surface area contributed by atoms with Crippen molar-refractivity contribution in [3.05, 3.63) is 59.0 Å². The van der Waals surface area contributed by atoms with Gasteiger partial charge in [0.05, 0.1) is 16.6 Å². The Morgan fingerprint density at radius 2 is 1.97 bits per heavy atom. The number of hydrogen-bond acceptors (Lipinski definition) is 3. The lowest BCUT2D eigenvalue weighted by molar-refractivity contribution is 0.0955. The Kier molecular flexibility index (Phi) is 5.81. The maximum Gasteiger partial charge on any atom is 0.252 e. The third-order valence-corrected chi connectivity index (χ3v) is 5.84. The van der Waals surface area contributed by atoms with Gasteiger partial charge in [0.25, 0.3) is 5.91 Å². The highest BCUT2D eigenvalue weighted by atomic mass is 16.1. The molecule has 3 heterocycles. The molecular weight excluding hydrogens is 386 g/mol. The highest BCUT2D eigenvalue weighted by molar-refractivity contribution is 6.06. The topological polar surface area (TPSA) is 64.7 Å². The Balaban J connectivity index is 1.52. The van der Waals surface area contributed by atoms with Gasteiger partial charge in [0.1, 0.15) is 0 Å². The summed E-state index contributed by atoms with van der Waals surface area (Å²) in [6.45, 7) is 9.93. The van der Waals surface area contributed by atoms with E-state index in [0.29, 0.717) is 18.0 Å². The average Bonchev–Trinajstić information content (AvgIpc) is 3.23. The van der Waals surface area contributed by atoms with Crippen LogP contribution >= 0.6 is 0 Å². The first-order valence-corrected chi connectivity index (χ1v) is 11.0. The summed E-state index contributed by atoms with van der Waals surface area (Å²) in [4.78, 5) is 17.6. The van der Waals surface area contributed by atoms with Crippen LogP contribution in [0, 0.1) is 19.8 Å². The molecule has 0 aliphatic heterocycles. The van der Waals surface area contributed by atoms with E-state index < -0.39 is 0 Å². The number of para-hydroxylation sites is 1. The fraction of sp³-hybridized carbons (Fsp3) is 0.400. The summed E-state index contributed by atoms with van der Waals surface area (Å²) in [7, 11) is 1.86.